The van der Waals surface area contributed by atoms with Crippen molar-refractivity contribution in [3.05, 3.63) is 94.6 Å². The van der Waals surface area contributed by atoms with Gasteiger partial charge in [0, 0.05) is 54.7 Å². The molecule has 1 unspecified atom stereocenters. The standard InChI is InChI=1S/C31H28ClF2N7O2/c1-36-29(43)31(35)12-14-40(17-31)28(42)18-5-8-21(9-6-18)38-30-37-16-19-11-13-41(27-23(33)3-2-4-24(27)34)25-15-20(32)7-10-22(25)26(19)39-30/h2-10,15-16H,11-14,17,35H2,1H3,(H,36,43)(H,37,38,39). The molecule has 0 saturated carbocycles. The highest BCUT2D eigenvalue weighted by atomic mass is 35.5. The van der Waals surface area contributed by atoms with Crippen LogP contribution in [0, 0.1) is 11.6 Å². The molecule has 4 aromatic rings. The van der Waals surface area contributed by atoms with Crippen molar-refractivity contribution in [2.75, 3.05) is 36.9 Å². The summed E-state index contributed by atoms with van der Waals surface area (Å²) in [5.74, 6) is -1.55. The Bertz CT molecular complexity index is 1720. The number of rotatable bonds is 5. The molecule has 0 spiro atoms. The molecule has 1 saturated heterocycles. The van der Waals surface area contributed by atoms with E-state index in [-0.39, 0.29) is 30.6 Å². The highest BCUT2D eigenvalue weighted by Crippen LogP contribution is 2.42. The fraction of sp³-hybridized carbons (Fsp3) is 0.226. The number of nitrogens with one attached hydrogen (secondary N) is 2. The summed E-state index contributed by atoms with van der Waals surface area (Å²) in [5, 5.41) is 6.15. The van der Waals surface area contributed by atoms with Crippen molar-refractivity contribution >= 4 is 46.4 Å². The molecule has 4 N–H and O–H groups in total. The number of benzene rings is 3. The molecule has 2 aliphatic heterocycles. The Morgan fingerprint density at radius 2 is 1.79 bits per heavy atom. The number of hydrogen-bond donors (Lipinski definition) is 3. The molecule has 1 atom stereocenters. The predicted molar refractivity (Wildman–Crippen MR) is 161 cm³/mol. The molecule has 3 aromatic carbocycles. The lowest BCUT2D eigenvalue weighted by molar-refractivity contribution is -0.125. The fourth-order valence-corrected chi connectivity index (χ4v) is 5.76. The van der Waals surface area contributed by atoms with E-state index in [1.54, 1.807) is 58.5 Å². The Labute approximate surface area is 251 Å². The van der Waals surface area contributed by atoms with Gasteiger partial charge in [-0.15, -0.1) is 0 Å². The van der Waals surface area contributed by atoms with E-state index in [1.165, 1.54) is 25.2 Å². The number of nitrogens with two attached hydrogens (primary N) is 1. The van der Waals surface area contributed by atoms with Crippen molar-refractivity contribution in [3.8, 4) is 11.3 Å². The molecule has 9 nitrogen and oxygen atoms in total. The van der Waals surface area contributed by atoms with Gasteiger partial charge < -0.3 is 26.2 Å². The van der Waals surface area contributed by atoms with E-state index in [2.05, 4.69) is 15.6 Å². The third kappa shape index (κ3) is 5.37. The van der Waals surface area contributed by atoms with E-state index >= 15 is 0 Å². The van der Waals surface area contributed by atoms with Crippen LogP contribution in [0.5, 0.6) is 0 Å². The van der Waals surface area contributed by atoms with Gasteiger partial charge in [-0.1, -0.05) is 17.7 Å². The van der Waals surface area contributed by atoms with Gasteiger partial charge in [-0.05, 0) is 73.0 Å². The minimum atomic E-state index is -1.10. The van der Waals surface area contributed by atoms with Gasteiger partial charge in [0.25, 0.3) is 5.91 Å². The summed E-state index contributed by atoms with van der Waals surface area (Å²) in [7, 11) is 1.52. The van der Waals surface area contributed by atoms with Crippen LogP contribution in [-0.2, 0) is 11.2 Å². The predicted octanol–water partition coefficient (Wildman–Crippen LogP) is 4.80. The minimum absolute atomic E-state index is 0.141. The van der Waals surface area contributed by atoms with E-state index in [0.29, 0.717) is 58.6 Å². The normalized spacial score (nSPS) is 17.6. The Kier molecular flexibility index (Phi) is 7.45. The Morgan fingerprint density at radius 3 is 2.51 bits per heavy atom. The number of para-hydroxylation sites is 1. The smallest absolute Gasteiger partial charge is 0.253 e. The number of fused-ring (bicyclic) bond motifs is 3. The molecular weight excluding hydrogens is 576 g/mol. The number of carbonyl (C=O) groups is 2. The maximum Gasteiger partial charge on any atom is 0.253 e. The Hall–Kier alpha value is -4.61. The van der Waals surface area contributed by atoms with Gasteiger partial charge in [0.2, 0.25) is 11.9 Å². The lowest BCUT2D eigenvalue weighted by atomic mass is 9.99. The third-order valence-corrected chi connectivity index (χ3v) is 8.07. The second-order valence-corrected chi connectivity index (χ2v) is 11.1. The summed E-state index contributed by atoms with van der Waals surface area (Å²) < 4.78 is 29.7. The Morgan fingerprint density at radius 1 is 1.05 bits per heavy atom. The largest absolute Gasteiger partial charge is 0.358 e. The molecular formula is C31H28ClF2N7O2. The highest BCUT2D eigenvalue weighted by molar-refractivity contribution is 6.31. The van der Waals surface area contributed by atoms with E-state index < -0.39 is 17.2 Å². The van der Waals surface area contributed by atoms with E-state index in [9.17, 15) is 18.4 Å². The first kappa shape index (κ1) is 28.5. The number of carbonyl (C=O) groups excluding carboxylic acids is 2. The number of halogens is 3. The van der Waals surface area contributed by atoms with Gasteiger partial charge in [0.1, 0.15) is 22.9 Å². The van der Waals surface area contributed by atoms with Crippen LogP contribution >= 0.6 is 11.6 Å². The number of likely N-dealkylation sites (tertiary alicyclic amines) is 1. The third-order valence-electron chi connectivity index (χ3n) is 7.84. The van der Waals surface area contributed by atoms with E-state index in [1.807, 2.05) is 0 Å². The monoisotopic (exact) mass is 603 g/mol. The molecule has 1 fully saturated rings. The maximum atomic E-state index is 14.8. The zero-order valence-electron chi connectivity index (χ0n) is 23.2. The van der Waals surface area contributed by atoms with Gasteiger partial charge >= 0.3 is 0 Å². The van der Waals surface area contributed by atoms with Crippen LogP contribution in [0.1, 0.15) is 22.3 Å². The molecule has 12 heteroatoms. The average Bonchev–Trinajstić information content (AvgIpc) is 3.34. The minimum Gasteiger partial charge on any atom is -0.358 e. The quantitative estimate of drug-likeness (QED) is 0.300. The summed E-state index contributed by atoms with van der Waals surface area (Å²) in [6.45, 7) is 0.816. The Balaban J connectivity index is 1.25. The van der Waals surface area contributed by atoms with Crippen LogP contribution in [0.25, 0.3) is 11.3 Å². The topological polar surface area (TPSA) is 116 Å². The van der Waals surface area contributed by atoms with E-state index in [0.717, 1.165) is 5.56 Å². The second kappa shape index (κ2) is 11.2. The summed E-state index contributed by atoms with van der Waals surface area (Å²) in [4.78, 5) is 37.6. The fourth-order valence-electron chi connectivity index (χ4n) is 5.59. The first-order valence-electron chi connectivity index (χ1n) is 13.7. The van der Waals surface area contributed by atoms with Crippen molar-refractivity contribution in [3.63, 3.8) is 0 Å². The number of amides is 2. The molecule has 2 aliphatic rings. The average molecular weight is 604 g/mol. The summed E-state index contributed by atoms with van der Waals surface area (Å²) in [6.07, 6.45) is 2.52. The van der Waals surface area contributed by atoms with Crippen LogP contribution in [0.4, 0.5) is 31.8 Å². The van der Waals surface area contributed by atoms with Gasteiger partial charge in [0.15, 0.2) is 0 Å². The van der Waals surface area contributed by atoms with Gasteiger partial charge in [0.05, 0.1) is 11.4 Å². The van der Waals surface area contributed by atoms with Crippen LogP contribution < -0.4 is 21.3 Å². The van der Waals surface area contributed by atoms with Crippen LogP contribution in [0.15, 0.2) is 66.9 Å². The first-order chi connectivity index (χ1) is 20.7. The molecule has 220 valence electrons. The van der Waals surface area contributed by atoms with Crippen molar-refractivity contribution in [2.45, 2.75) is 18.4 Å². The summed E-state index contributed by atoms with van der Waals surface area (Å²) >= 11 is 6.33. The van der Waals surface area contributed by atoms with Crippen molar-refractivity contribution in [1.29, 1.82) is 0 Å². The van der Waals surface area contributed by atoms with Crippen LogP contribution in [-0.4, -0.2) is 58.9 Å². The van der Waals surface area contributed by atoms with Gasteiger partial charge in [-0.25, -0.2) is 18.7 Å². The highest BCUT2D eigenvalue weighted by Gasteiger charge is 2.42. The van der Waals surface area contributed by atoms with E-state index in [4.69, 9.17) is 22.3 Å². The van der Waals surface area contributed by atoms with Crippen molar-refractivity contribution in [1.82, 2.24) is 20.2 Å². The molecule has 0 radical (unpaired) electrons. The summed E-state index contributed by atoms with van der Waals surface area (Å²) in [5.41, 5.74) is 8.68. The van der Waals surface area contributed by atoms with Gasteiger partial charge in [-0.2, -0.15) is 0 Å². The molecule has 3 heterocycles. The lowest BCUT2D eigenvalue weighted by Gasteiger charge is -2.26. The number of hydrogen-bond acceptors (Lipinski definition) is 7. The zero-order chi connectivity index (χ0) is 30.3. The zero-order valence-corrected chi connectivity index (χ0v) is 24.0. The lowest BCUT2D eigenvalue weighted by Crippen LogP contribution is -2.55. The molecule has 2 amide bonds. The number of likely N-dealkylation sites (N-methyl/N-ethyl adjacent to an activating group) is 1. The maximum absolute atomic E-state index is 14.8. The van der Waals surface area contributed by atoms with Crippen LogP contribution in [0.2, 0.25) is 5.02 Å². The van der Waals surface area contributed by atoms with Crippen LogP contribution in [0.3, 0.4) is 0 Å². The molecule has 0 aliphatic carbocycles. The molecule has 43 heavy (non-hydrogen) atoms. The first-order valence-corrected chi connectivity index (χ1v) is 14.1. The second-order valence-electron chi connectivity index (χ2n) is 10.6. The molecule has 1 aromatic heterocycles. The molecule has 0 bridgehead atoms. The molecule has 6 rings (SSSR count). The van der Waals surface area contributed by atoms with Crippen molar-refractivity contribution < 1.29 is 18.4 Å². The van der Waals surface area contributed by atoms with Crippen molar-refractivity contribution in [2.24, 2.45) is 5.73 Å². The number of anilines is 4. The summed E-state index contributed by atoms with van der Waals surface area (Å²) in [6, 6.07) is 15.8. The number of aromatic nitrogens is 2. The number of nitrogens with zero attached hydrogens (tertiary/aromatic N) is 4. The SMILES string of the molecule is CNC(=O)C1(N)CCN(C(=O)c2ccc(Nc3ncc4c(n3)-c3ccc(Cl)cc3N(c3c(F)cccc3F)CC4)cc2)C1. The van der Waals surface area contributed by atoms with Gasteiger partial charge in [-0.3, -0.25) is 9.59 Å².